The maximum atomic E-state index is 11.9. The van der Waals surface area contributed by atoms with Crippen LogP contribution in [0.25, 0.3) is 11.0 Å². The largest absolute Gasteiger partial charge is 0.338 e. The third kappa shape index (κ3) is 4.16. The molecule has 0 aliphatic carbocycles. The number of benzene rings is 1. The lowest BCUT2D eigenvalue weighted by molar-refractivity contribution is -0.119. The van der Waals surface area contributed by atoms with Crippen LogP contribution in [-0.4, -0.2) is 33.7 Å². The number of hydrogen-bond acceptors (Lipinski definition) is 5. The molecule has 0 bridgehead atoms. The van der Waals surface area contributed by atoms with Gasteiger partial charge in [0.1, 0.15) is 5.03 Å². The number of rotatable bonds is 4. The fraction of sp³-hybridized carbons (Fsp3) is 0.286. The standard InChI is InChI=1S/C14H16N4O2S/c1-3-15-14(20)18-13(19)9(2)21-12-8-16-10-6-4-5-7-11(10)17-12/h4-9H,3H2,1-2H3,(H2,15,18,19,20). The van der Waals surface area contributed by atoms with Crippen molar-refractivity contribution >= 4 is 34.7 Å². The van der Waals surface area contributed by atoms with Gasteiger partial charge in [0.05, 0.1) is 22.5 Å². The van der Waals surface area contributed by atoms with Crippen LogP contribution in [0.3, 0.4) is 0 Å². The molecule has 0 saturated carbocycles. The van der Waals surface area contributed by atoms with Crippen molar-refractivity contribution in [2.24, 2.45) is 0 Å². The molecule has 0 aliphatic heterocycles. The second-order valence-electron chi connectivity index (χ2n) is 4.31. The Kier molecular flexibility index (Phi) is 5.10. The number of imide groups is 1. The monoisotopic (exact) mass is 304 g/mol. The Hall–Kier alpha value is -2.15. The van der Waals surface area contributed by atoms with Crippen LogP contribution < -0.4 is 10.6 Å². The van der Waals surface area contributed by atoms with Crippen LogP contribution in [0.15, 0.2) is 35.5 Å². The molecule has 110 valence electrons. The highest BCUT2D eigenvalue weighted by molar-refractivity contribution is 8.00. The fourth-order valence-corrected chi connectivity index (χ4v) is 2.44. The lowest BCUT2D eigenvalue weighted by Gasteiger charge is -2.11. The lowest BCUT2D eigenvalue weighted by Crippen LogP contribution is -2.42. The normalized spacial score (nSPS) is 11.9. The average Bonchev–Trinajstić information content (AvgIpc) is 2.47. The van der Waals surface area contributed by atoms with E-state index in [1.165, 1.54) is 11.8 Å². The van der Waals surface area contributed by atoms with Crippen LogP contribution in [0, 0.1) is 0 Å². The first-order valence-corrected chi connectivity index (χ1v) is 7.45. The summed E-state index contributed by atoms with van der Waals surface area (Å²) in [6.45, 7) is 3.97. The number of urea groups is 1. The molecule has 1 heterocycles. The lowest BCUT2D eigenvalue weighted by atomic mass is 10.3. The molecule has 3 amide bonds. The van der Waals surface area contributed by atoms with Gasteiger partial charge in [-0.2, -0.15) is 0 Å². The predicted molar refractivity (Wildman–Crippen MR) is 82.1 cm³/mol. The summed E-state index contributed by atoms with van der Waals surface area (Å²) in [5.74, 6) is -0.360. The molecule has 21 heavy (non-hydrogen) atoms. The first kappa shape index (κ1) is 15.2. The first-order valence-electron chi connectivity index (χ1n) is 6.57. The number of amides is 3. The Morgan fingerprint density at radius 1 is 1.29 bits per heavy atom. The molecule has 0 radical (unpaired) electrons. The van der Waals surface area contributed by atoms with Crippen LogP contribution in [0.2, 0.25) is 0 Å². The molecule has 7 heteroatoms. The number of aromatic nitrogens is 2. The van der Waals surface area contributed by atoms with Gasteiger partial charge in [-0.1, -0.05) is 23.9 Å². The number of fused-ring (bicyclic) bond motifs is 1. The van der Waals surface area contributed by atoms with Crippen LogP contribution in [0.4, 0.5) is 4.79 Å². The average molecular weight is 304 g/mol. The summed E-state index contributed by atoms with van der Waals surface area (Å²) in [7, 11) is 0. The minimum absolute atomic E-state index is 0.360. The van der Waals surface area contributed by atoms with E-state index in [1.807, 2.05) is 24.3 Å². The molecule has 1 unspecified atom stereocenters. The third-order valence-electron chi connectivity index (χ3n) is 2.67. The quantitative estimate of drug-likeness (QED) is 0.844. The highest BCUT2D eigenvalue weighted by Gasteiger charge is 2.17. The van der Waals surface area contributed by atoms with E-state index >= 15 is 0 Å². The van der Waals surface area contributed by atoms with E-state index in [0.717, 1.165) is 11.0 Å². The van der Waals surface area contributed by atoms with Gasteiger partial charge >= 0.3 is 6.03 Å². The predicted octanol–water partition coefficient (Wildman–Crippen LogP) is 1.96. The molecular formula is C14H16N4O2S. The SMILES string of the molecule is CCNC(=O)NC(=O)C(C)Sc1cnc2ccccc2n1. The van der Waals surface area contributed by atoms with Crippen molar-refractivity contribution in [3.05, 3.63) is 30.5 Å². The van der Waals surface area contributed by atoms with Crippen molar-refractivity contribution in [3.63, 3.8) is 0 Å². The Morgan fingerprint density at radius 2 is 2.00 bits per heavy atom. The smallest absolute Gasteiger partial charge is 0.321 e. The number of carbonyl (C=O) groups excluding carboxylic acids is 2. The van der Waals surface area contributed by atoms with Crippen LogP contribution in [-0.2, 0) is 4.79 Å². The van der Waals surface area contributed by atoms with Gasteiger partial charge in [0.25, 0.3) is 0 Å². The van der Waals surface area contributed by atoms with Crippen molar-refractivity contribution < 1.29 is 9.59 Å². The number of nitrogens with one attached hydrogen (secondary N) is 2. The molecule has 0 saturated heterocycles. The summed E-state index contributed by atoms with van der Waals surface area (Å²) < 4.78 is 0. The molecule has 2 aromatic rings. The molecule has 0 aliphatic rings. The molecule has 2 N–H and O–H groups in total. The molecule has 0 fully saturated rings. The van der Waals surface area contributed by atoms with Gasteiger partial charge < -0.3 is 5.32 Å². The van der Waals surface area contributed by atoms with Gasteiger partial charge in [-0.05, 0) is 26.0 Å². The Bertz CT molecular complexity index is 662. The highest BCUT2D eigenvalue weighted by atomic mass is 32.2. The van der Waals surface area contributed by atoms with Gasteiger partial charge in [0.15, 0.2) is 0 Å². The number of hydrogen-bond donors (Lipinski definition) is 2. The molecule has 1 atom stereocenters. The van der Waals surface area contributed by atoms with E-state index in [0.29, 0.717) is 11.6 Å². The van der Waals surface area contributed by atoms with E-state index in [4.69, 9.17) is 0 Å². The van der Waals surface area contributed by atoms with Crippen molar-refractivity contribution in [1.82, 2.24) is 20.6 Å². The van der Waals surface area contributed by atoms with Crippen molar-refractivity contribution in [1.29, 1.82) is 0 Å². The highest BCUT2D eigenvalue weighted by Crippen LogP contribution is 2.22. The molecule has 0 spiro atoms. The van der Waals surface area contributed by atoms with Gasteiger partial charge in [0, 0.05) is 6.54 Å². The second kappa shape index (κ2) is 7.03. The van der Waals surface area contributed by atoms with Gasteiger partial charge in [-0.15, -0.1) is 0 Å². The number of thioether (sulfide) groups is 1. The molecule has 1 aromatic heterocycles. The third-order valence-corrected chi connectivity index (χ3v) is 3.67. The maximum Gasteiger partial charge on any atom is 0.321 e. The zero-order valence-corrected chi connectivity index (χ0v) is 12.6. The van der Waals surface area contributed by atoms with Crippen LogP contribution >= 0.6 is 11.8 Å². The Labute approximate surface area is 126 Å². The van der Waals surface area contributed by atoms with Gasteiger partial charge in [-0.3, -0.25) is 15.1 Å². The summed E-state index contributed by atoms with van der Waals surface area (Å²) in [4.78, 5) is 31.9. The van der Waals surface area contributed by atoms with Gasteiger partial charge in [-0.25, -0.2) is 9.78 Å². The molecule has 1 aromatic carbocycles. The number of nitrogens with zero attached hydrogens (tertiary/aromatic N) is 2. The zero-order chi connectivity index (χ0) is 15.2. The van der Waals surface area contributed by atoms with Crippen LogP contribution in [0.1, 0.15) is 13.8 Å². The molecule has 2 rings (SSSR count). The van der Waals surface area contributed by atoms with E-state index < -0.39 is 11.3 Å². The van der Waals surface area contributed by atoms with E-state index in [-0.39, 0.29) is 5.91 Å². The minimum atomic E-state index is -0.487. The van der Waals surface area contributed by atoms with Crippen molar-refractivity contribution in [2.45, 2.75) is 24.1 Å². The van der Waals surface area contributed by atoms with Crippen LogP contribution in [0.5, 0.6) is 0 Å². The Balaban J connectivity index is 2.01. The number of para-hydroxylation sites is 2. The van der Waals surface area contributed by atoms with Crippen molar-refractivity contribution in [3.8, 4) is 0 Å². The minimum Gasteiger partial charge on any atom is -0.338 e. The van der Waals surface area contributed by atoms with E-state index in [2.05, 4.69) is 20.6 Å². The van der Waals surface area contributed by atoms with Crippen molar-refractivity contribution in [2.75, 3.05) is 6.54 Å². The maximum absolute atomic E-state index is 11.9. The summed E-state index contributed by atoms with van der Waals surface area (Å²) in [5, 5.41) is 5.00. The van der Waals surface area contributed by atoms with Gasteiger partial charge in [0.2, 0.25) is 5.91 Å². The molecule has 6 nitrogen and oxygen atoms in total. The summed E-state index contributed by atoms with van der Waals surface area (Å²) in [6.07, 6.45) is 1.63. The summed E-state index contributed by atoms with van der Waals surface area (Å²) >= 11 is 1.26. The van der Waals surface area contributed by atoms with E-state index in [1.54, 1.807) is 20.0 Å². The molecular weight excluding hydrogens is 288 g/mol. The summed E-state index contributed by atoms with van der Waals surface area (Å²) in [6, 6.07) is 7.04. The topological polar surface area (TPSA) is 84.0 Å². The fourth-order valence-electron chi connectivity index (χ4n) is 1.65. The van der Waals surface area contributed by atoms with E-state index in [9.17, 15) is 9.59 Å². The zero-order valence-electron chi connectivity index (χ0n) is 11.8. The second-order valence-corrected chi connectivity index (χ2v) is 5.67. The number of carbonyl (C=O) groups is 2. The first-order chi connectivity index (χ1) is 10.1. The Morgan fingerprint density at radius 3 is 2.71 bits per heavy atom. The summed E-state index contributed by atoms with van der Waals surface area (Å²) in [5.41, 5.74) is 1.58.